The molecule has 2 amide bonds. The van der Waals surface area contributed by atoms with E-state index < -0.39 is 0 Å². The molecule has 0 spiro atoms. The Balaban J connectivity index is 1.49. The lowest BCUT2D eigenvalue weighted by atomic mass is 10.2. The smallest absolute Gasteiger partial charge is 0.244 e. The molecule has 2 heterocycles. The van der Waals surface area contributed by atoms with Crippen LogP contribution in [0, 0.1) is 0 Å². The molecule has 1 N–H and O–H groups in total. The van der Waals surface area contributed by atoms with Crippen LogP contribution in [-0.4, -0.2) is 39.9 Å². The Bertz CT molecular complexity index is 1020. The van der Waals surface area contributed by atoms with Crippen LogP contribution in [0.1, 0.15) is 32.1 Å². The van der Waals surface area contributed by atoms with Gasteiger partial charge in [0.1, 0.15) is 0 Å². The van der Waals surface area contributed by atoms with Gasteiger partial charge in [-0.05, 0) is 42.5 Å². The van der Waals surface area contributed by atoms with E-state index in [0.29, 0.717) is 46.8 Å². The third-order valence-electron chi connectivity index (χ3n) is 4.38. The van der Waals surface area contributed by atoms with Crippen molar-refractivity contribution in [2.45, 2.75) is 32.6 Å². The lowest BCUT2D eigenvalue weighted by molar-refractivity contribution is -0.134. The Labute approximate surface area is 194 Å². The maximum Gasteiger partial charge on any atom is 0.244 e. The van der Waals surface area contributed by atoms with Gasteiger partial charge in [-0.15, -0.1) is 11.3 Å². The Morgan fingerprint density at radius 1 is 1.26 bits per heavy atom. The molecule has 2 aromatic heterocycles. The zero-order valence-electron chi connectivity index (χ0n) is 16.9. The summed E-state index contributed by atoms with van der Waals surface area (Å²) >= 11 is 13.5. The van der Waals surface area contributed by atoms with Gasteiger partial charge in [-0.1, -0.05) is 41.3 Å². The van der Waals surface area contributed by atoms with Crippen LogP contribution >= 0.6 is 34.5 Å². The number of carbonyl (C=O) groups is 2. The molecular formula is C21H22Cl2N4O3S. The molecular weight excluding hydrogens is 459 g/mol. The van der Waals surface area contributed by atoms with E-state index in [1.165, 1.54) is 11.3 Å². The average Bonchev–Trinajstić information content (AvgIpc) is 3.41. The van der Waals surface area contributed by atoms with Crippen molar-refractivity contribution in [2.75, 3.05) is 18.4 Å². The maximum atomic E-state index is 12.7. The molecule has 0 radical (unpaired) electrons. The number of hydrogen-bond donors (Lipinski definition) is 1. The summed E-state index contributed by atoms with van der Waals surface area (Å²) in [5.41, 5.74) is 0.456. The molecule has 3 aromatic rings. The van der Waals surface area contributed by atoms with Gasteiger partial charge >= 0.3 is 0 Å². The van der Waals surface area contributed by atoms with Gasteiger partial charge in [0.15, 0.2) is 0 Å². The highest BCUT2D eigenvalue weighted by Crippen LogP contribution is 2.25. The predicted octanol–water partition coefficient (Wildman–Crippen LogP) is 5.30. The Hall–Kier alpha value is -2.42. The number of aromatic nitrogens is 2. The molecule has 0 aliphatic heterocycles. The van der Waals surface area contributed by atoms with Crippen molar-refractivity contribution in [1.29, 1.82) is 0 Å². The van der Waals surface area contributed by atoms with E-state index in [-0.39, 0.29) is 24.8 Å². The summed E-state index contributed by atoms with van der Waals surface area (Å²) in [7, 11) is 0. The van der Waals surface area contributed by atoms with E-state index in [9.17, 15) is 9.59 Å². The second kappa shape index (κ2) is 11.3. The highest BCUT2D eigenvalue weighted by Gasteiger charge is 2.18. The molecule has 0 unspecified atom stereocenters. The number of nitrogens with one attached hydrogen (secondary N) is 1. The van der Waals surface area contributed by atoms with Crippen LogP contribution in [0.2, 0.25) is 10.0 Å². The normalized spacial score (nSPS) is 10.8. The standard InChI is InChI=1S/C21H22Cl2N4O3S/c1-2-10-27(13-18(28)24-16-9-8-14(22)12-15(16)23)20(29)7-3-6-19-25-21(26-30-19)17-5-4-11-31-17/h4-5,8-9,11-12H,2-3,6-7,10,13H2,1H3,(H,24,28). The van der Waals surface area contributed by atoms with Crippen LogP contribution in [0.3, 0.4) is 0 Å². The van der Waals surface area contributed by atoms with E-state index in [0.717, 1.165) is 11.3 Å². The fourth-order valence-corrected chi connectivity index (χ4v) is 4.03. The summed E-state index contributed by atoms with van der Waals surface area (Å²) in [5.74, 6) is 0.635. The highest BCUT2D eigenvalue weighted by atomic mass is 35.5. The van der Waals surface area contributed by atoms with Crippen LogP contribution in [-0.2, 0) is 16.0 Å². The van der Waals surface area contributed by atoms with Crippen molar-refractivity contribution in [3.8, 4) is 10.7 Å². The van der Waals surface area contributed by atoms with E-state index in [4.69, 9.17) is 27.7 Å². The first-order chi connectivity index (χ1) is 15.0. The lowest BCUT2D eigenvalue weighted by Gasteiger charge is -2.21. The Kier molecular flexibility index (Phi) is 8.45. The van der Waals surface area contributed by atoms with Crippen LogP contribution in [0.25, 0.3) is 10.7 Å². The van der Waals surface area contributed by atoms with Gasteiger partial charge < -0.3 is 14.7 Å². The Morgan fingerprint density at radius 2 is 2.10 bits per heavy atom. The van der Waals surface area contributed by atoms with Crippen molar-refractivity contribution in [3.63, 3.8) is 0 Å². The fraction of sp³-hybridized carbons (Fsp3) is 0.333. The summed E-state index contributed by atoms with van der Waals surface area (Å²) < 4.78 is 5.26. The molecule has 164 valence electrons. The second-order valence-electron chi connectivity index (χ2n) is 6.83. The summed E-state index contributed by atoms with van der Waals surface area (Å²) in [6.45, 7) is 2.40. The molecule has 3 rings (SSSR count). The molecule has 1 aromatic carbocycles. The molecule has 31 heavy (non-hydrogen) atoms. The number of amides is 2. The lowest BCUT2D eigenvalue weighted by Crippen LogP contribution is -2.38. The SMILES string of the molecule is CCCN(CC(=O)Nc1ccc(Cl)cc1Cl)C(=O)CCCc1nc(-c2cccs2)no1. The van der Waals surface area contributed by atoms with E-state index in [1.807, 2.05) is 24.4 Å². The van der Waals surface area contributed by atoms with Gasteiger partial charge in [0.05, 0.1) is 22.1 Å². The van der Waals surface area contributed by atoms with E-state index in [1.54, 1.807) is 23.1 Å². The van der Waals surface area contributed by atoms with Crippen molar-refractivity contribution >= 4 is 52.0 Å². The van der Waals surface area contributed by atoms with Crippen molar-refractivity contribution in [3.05, 3.63) is 51.6 Å². The van der Waals surface area contributed by atoms with Crippen LogP contribution in [0.15, 0.2) is 40.2 Å². The van der Waals surface area contributed by atoms with Crippen molar-refractivity contribution in [1.82, 2.24) is 15.0 Å². The van der Waals surface area contributed by atoms with Gasteiger partial charge in [-0.25, -0.2) is 0 Å². The van der Waals surface area contributed by atoms with Crippen molar-refractivity contribution in [2.24, 2.45) is 0 Å². The van der Waals surface area contributed by atoms with Gasteiger partial charge in [0, 0.05) is 24.4 Å². The molecule has 0 bridgehead atoms. The van der Waals surface area contributed by atoms with Gasteiger partial charge in [-0.3, -0.25) is 9.59 Å². The summed E-state index contributed by atoms with van der Waals surface area (Å²) in [4.78, 5) is 31.9. The fourth-order valence-electron chi connectivity index (χ4n) is 2.93. The zero-order chi connectivity index (χ0) is 22.2. The number of hydrogen-bond acceptors (Lipinski definition) is 6. The van der Waals surface area contributed by atoms with Gasteiger partial charge in [-0.2, -0.15) is 4.98 Å². The number of aryl methyl sites for hydroxylation is 1. The monoisotopic (exact) mass is 480 g/mol. The minimum Gasteiger partial charge on any atom is -0.339 e. The first-order valence-corrected chi connectivity index (χ1v) is 11.5. The number of nitrogens with zero attached hydrogens (tertiary/aromatic N) is 3. The highest BCUT2D eigenvalue weighted by molar-refractivity contribution is 7.13. The molecule has 0 saturated heterocycles. The second-order valence-corrected chi connectivity index (χ2v) is 8.62. The first kappa shape index (κ1) is 23.2. The third-order valence-corrected chi connectivity index (χ3v) is 5.79. The molecule has 0 aliphatic carbocycles. The van der Waals surface area contributed by atoms with Crippen LogP contribution in [0.5, 0.6) is 0 Å². The number of thiophene rings is 1. The molecule has 0 aliphatic rings. The third kappa shape index (κ3) is 6.78. The molecule has 0 saturated carbocycles. The minimum absolute atomic E-state index is 0.0469. The summed E-state index contributed by atoms with van der Waals surface area (Å²) in [6.07, 6.45) is 2.08. The topological polar surface area (TPSA) is 88.3 Å². The molecule has 0 atom stereocenters. The number of rotatable bonds is 10. The Morgan fingerprint density at radius 3 is 2.81 bits per heavy atom. The maximum absolute atomic E-state index is 12.7. The molecule has 0 fully saturated rings. The molecule has 7 nitrogen and oxygen atoms in total. The average molecular weight is 481 g/mol. The number of benzene rings is 1. The van der Waals surface area contributed by atoms with Gasteiger partial charge in [0.25, 0.3) is 0 Å². The van der Waals surface area contributed by atoms with E-state index >= 15 is 0 Å². The van der Waals surface area contributed by atoms with Gasteiger partial charge in [0.2, 0.25) is 23.5 Å². The minimum atomic E-state index is -0.316. The zero-order valence-corrected chi connectivity index (χ0v) is 19.3. The van der Waals surface area contributed by atoms with Crippen molar-refractivity contribution < 1.29 is 14.1 Å². The predicted molar refractivity (Wildman–Crippen MR) is 123 cm³/mol. The molecule has 10 heteroatoms. The van der Waals surface area contributed by atoms with Crippen LogP contribution in [0.4, 0.5) is 5.69 Å². The number of carbonyl (C=O) groups excluding carboxylic acids is 2. The summed E-state index contributed by atoms with van der Waals surface area (Å²) in [6, 6.07) is 8.67. The van der Waals surface area contributed by atoms with E-state index in [2.05, 4.69) is 15.5 Å². The summed E-state index contributed by atoms with van der Waals surface area (Å²) in [5, 5.41) is 9.47. The van der Waals surface area contributed by atoms with Crippen LogP contribution < -0.4 is 5.32 Å². The quantitative estimate of drug-likeness (QED) is 0.424. The first-order valence-electron chi connectivity index (χ1n) is 9.85. The number of anilines is 1. The number of halogens is 2. The largest absolute Gasteiger partial charge is 0.339 e.